The highest BCUT2D eigenvalue weighted by atomic mass is 32.2. The molecular weight excluding hydrogens is 360 g/mol. The molecule has 0 aliphatic carbocycles. The summed E-state index contributed by atoms with van der Waals surface area (Å²) in [6.45, 7) is 4.69. The third-order valence-corrected chi connectivity index (χ3v) is 6.24. The molecule has 1 aliphatic heterocycles. The third kappa shape index (κ3) is 4.53. The number of furan rings is 1. The summed E-state index contributed by atoms with van der Waals surface area (Å²) in [6.07, 6.45) is 4.36. The van der Waals surface area contributed by atoms with Crippen molar-refractivity contribution in [2.24, 2.45) is 5.92 Å². The van der Waals surface area contributed by atoms with Gasteiger partial charge in [-0.25, -0.2) is 13.2 Å². The number of unbranched alkanes of at least 4 members (excludes halogenated alkanes) is 1. The quantitative estimate of drug-likeness (QED) is 0.541. The molecule has 0 aromatic carbocycles. The number of aromatic carboxylic acids is 1. The molecule has 1 aromatic rings. The molecule has 1 saturated heterocycles. The van der Waals surface area contributed by atoms with Crippen LogP contribution in [0.4, 0.5) is 0 Å². The van der Waals surface area contributed by atoms with E-state index in [-0.39, 0.29) is 30.0 Å². The Bertz CT molecular complexity index is 762. The number of carboxylic acid groups (broad SMARTS) is 1. The van der Waals surface area contributed by atoms with Gasteiger partial charge in [0.25, 0.3) is 10.0 Å². The van der Waals surface area contributed by atoms with Crippen molar-refractivity contribution in [1.29, 1.82) is 0 Å². The molecule has 1 amide bonds. The minimum absolute atomic E-state index is 0.0253. The number of carbonyl (C=O) groups excluding carboxylic acids is 1. The highest BCUT2D eigenvalue weighted by Gasteiger charge is 2.34. The second-order valence-electron chi connectivity index (χ2n) is 6.29. The van der Waals surface area contributed by atoms with Gasteiger partial charge in [0, 0.05) is 32.6 Å². The zero-order chi connectivity index (χ0) is 19.3. The number of sulfonamides is 1. The maximum absolute atomic E-state index is 12.5. The monoisotopic (exact) mass is 384 g/mol. The lowest BCUT2D eigenvalue weighted by Gasteiger charge is -2.32. The average Bonchev–Trinajstić information content (AvgIpc) is 3.12. The summed E-state index contributed by atoms with van der Waals surface area (Å²) >= 11 is 0. The van der Waals surface area contributed by atoms with Crippen molar-refractivity contribution in [3.63, 3.8) is 0 Å². The summed E-state index contributed by atoms with van der Waals surface area (Å²) in [6, 6.07) is 2.26. The molecule has 0 atom stereocenters. The zero-order valence-corrected chi connectivity index (χ0v) is 15.6. The van der Waals surface area contributed by atoms with Crippen molar-refractivity contribution in [2.45, 2.75) is 30.8 Å². The van der Waals surface area contributed by atoms with Crippen LogP contribution in [0.5, 0.6) is 0 Å². The molecule has 0 bridgehead atoms. The predicted molar refractivity (Wildman–Crippen MR) is 94.2 cm³/mol. The first-order valence-electron chi connectivity index (χ1n) is 8.46. The van der Waals surface area contributed by atoms with Crippen LogP contribution < -0.4 is 0 Å². The van der Waals surface area contributed by atoms with Gasteiger partial charge in [0.15, 0.2) is 0 Å². The van der Waals surface area contributed by atoms with E-state index in [1.165, 1.54) is 4.31 Å². The van der Waals surface area contributed by atoms with Crippen LogP contribution in [-0.2, 0) is 14.8 Å². The molecule has 26 heavy (non-hydrogen) atoms. The molecule has 0 unspecified atom stereocenters. The van der Waals surface area contributed by atoms with Crippen molar-refractivity contribution in [1.82, 2.24) is 9.21 Å². The molecule has 2 heterocycles. The average molecular weight is 384 g/mol. The highest BCUT2D eigenvalue weighted by molar-refractivity contribution is 7.89. The van der Waals surface area contributed by atoms with Crippen LogP contribution in [-0.4, -0.2) is 61.3 Å². The van der Waals surface area contributed by atoms with Gasteiger partial charge in [-0.15, -0.1) is 6.58 Å². The summed E-state index contributed by atoms with van der Waals surface area (Å²) < 4.78 is 31.2. The minimum atomic E-state index is -3.89. The number of amides is 1. The van der Waals surface area contributed by atoms with Crippen LogP contribution in [0.25, 0.3) is 0 Å². The number of hydrogen-bond acceptors (Lipinski definition) is 5. The van der Waals surface area contributed by atoms with E-state index in [0.29, 0.717) is 19.4 Å². The number of nitrogens with zero attached hydrogens (tertiary/aromatic N) is 2. The van der Waals surface area contributed by atoms with Crippen LogP contribution in [0, 0.1) is 5.92 Å². The molecular formula is C17H24N2O6S. The molecule has 144 valence electrons. The molecule has 0 radical (unpaired) electrons. The van der Waals surface area contributed by atoms with Crippen LogP contribution in [0.1, 0.15) is 36.2 Å². The summed E-state index contributed by atoms with van der Waals surface area (Å²) in [5, 5.41) is 8.46. The molecule has 1 N–H and O–H groups in total. The predicted octanol–water partition coefficient (Wildman–Crippen LogP) is 1.80. The minimum Gasteiger partial charge on any atom is -0.475 e. The first kappa shape index (κ1) is 20.2. The largest absolute Gasteiger partial charge is 0.475 e. The van der Waals surface area contributed by atoms with Gasteiger partial charge >= 0.3 is 5.97 Å². The summed E-state index contributed by atoms with van der Waals surface area (Å²) in [7, 11) is -2.14. The van der Waals surface area contributed by atoms with Gasteiger partial charge in [-0.05, 0) is 37.8 Å². The Morgan fingerprint density at radius 1 is 1.38 bits per heavy atom. The topological polar surface area (TPSA) is 108 Å². The Labute approximate surface area is 153 Å². The number of piperidine rings is 1. The molecule has 1 fully saturated rings. The van der Waals surface area contributed by atoms with E-state index in [1.807, 2.05) is 6.08 Å². The van der Waals surface area contributed by atoms with Crippen LogP contribution in [0.2, 0.25) is 0 Å². The van der Waals surface area contributed by atoms with Gasteiger partial charge in [0.2, 0.25) is 16.8 Å². The number of hydrogen-bond donors (Lipinski definition) is 1. The molecule has 0 spiro atoms. The number of rotatable bonds is 8. The SMILES string of the molecule is C=CCCCN(C)C(=O)C1CCN(S(=O)(=O)c2ccc(C(=O)O)o2)CC1. The standard InChI is InChI=1S/C17H24N2O6S/c1-3-4-5-10-18(2)16(20)13-8-11-19(12-9-13)26(23,24)15-7-6-14(25-15)17(21)22/h3,6-7,13H,1,4-5,8-12H2,2H3,(H,21,22). The fourth-order valence-corrected chi connectivity index (χ4v) is 4.32. The molecule has 2 rings (SSSR count). The Morgan fingerprint density at radius 2 is 2.04 bits per heavy atom. The van der Waals surface area contributed by atoms with Crippen molar-refractivity contribution in [2.75, 3.05) is 26.7 Å². The van der Waals surface area contributed by atoms with Crippen molar-refractivity contribution >= 4 is 21.9 Å². The summed E-state index contributed by atoms with van der Waals surface area (Å²) in [5.74, 6) is -1.93. The number of carboxylic acids is 1. The van der Waals surface area contributed by atoms with E-state index in [9.17, 15) is 18.0 Å². The van der Waals surface area contributed by atoms with Gasteiger partial charge in [0.05, 0.1) is 0 Å². The molecule has 9 heteroatoms. The molecule has 0 saturated carbocycles. The second-order valence-corrected chi connectivity index (χ2v) is 8.16. The van der Waals surface area contributed by atoms with Crippen molar-refractivity contribution in [3.05, 3.63) is 30.5 Å². The maximum Gasteiger partial charge on any atom is 0.371 e. The first-order valence-corrected chi connectivity index (χ1v) is 9.90. The second kappa shape index (κ2) is 8.50. The lowest BCUT2D eigenvalue weighted by molar-refractivity contribution is -0.135. The Balaban J connectivity index is 1.95. The van der Waals surface area contributed by atoms with E-state index in [4.69, 9.17) is 9.52 Å². The van der Waals surface area contributed by atoms with E-state index in [1.54, 1.807) is 11.9 Å². The fourth-order valence-electron chi connectivity index (χ4n) is 2.94. The van der Waals surface area contributed by atoms with Gasteiger partial charge in [0.1, 0.15) is 0 Å². The van der Waals surface area contributed by atoms with Gasteiger partial charge < -0.3 is 14.4 Å². The highest BCUT2D eigenvalue weighted by Crippen LogP contribution is 2.26. The summed E-state index contributed by atoms with van der Waals surface area (Å²) in [4.78, 5) is 25.0. The van der Waals surface area contributed by atoms with E-state index < -0.39 is 21.8 Å². The smallest absolute Gasteiger partial charge is 0.371 e. The number of carbonyl (C=O) groups is 2. The van der Waals surface area contributed by atoms with Crippen LogP contribution in [0.15, 0.2) is 34.3 Å². The van der Waals surface area contributed by atoms with Crippen molar-refractivity contribution in [3.8, 4) is 0 Å². The van der Waals surface area contributed by atoms with Gasteiger partial charge in [-0.1, -0.05) is 6.08 Å². The van der Waals surface area contributed by atoms with E-state index in [0.717, 1.165) is 25.0 Å². The number of allylic oxidation sites excluding steroid dienone is 1. The normalized spacial score (nSPS) is 16.3. The van der Waals surface area contributed by atoms with Gasteiger partial charge in [-0.2, -0.15) is 4.31 Å². The Hall–Kier alpha value is -2.13. The van der Waals surface area contributed by atoms with E-state index >= 15 is 0 Å². The van der Waals surface area contributed by atoms with E-state index in [2.05, 4.69) is 6.58 Å². The Morgan fingerprint density at radius 3 is 2.58 bits per heavy atom. The fraction of sp³-hybridized carbons (Fsp3) is 0.529. The van der Waals surface area contributed by atoms with Crippen LogP contribution >= 0.6 is 0 Å². The Kier molecular flexibility index (Phi) is 6.60. The van der Waals surface area contributed by atoms with Crippen molar-refractivity contribution < 1.29 is 27.5 Å². The molecule has 1 aromatic heterocycles. The lowest BCUT2D eigenvalue weighted by Crippen LogP contribution is -2.43. The molecule has 1 aliphatic rings. The van der Waals surface area contributed by atoms with Gasteiger partial charge in [-0.3, -0.25) is 4.79 Å². The maximum atomic E-state index is 12.5. The zero-order valence-electron chi connectivity index (χ0n) is 14.8. The van der Waals surface area contributed by atoms with Crippen LogP contribution in [0.3, 0.4) is 0 Å². The lowest BCUT2D eigenvalue weighted by atomic mass is 9.96. The third-order valence-electron chi connectivity index (χ3n) is 4.47. The molecule has 8 nitrogen and oxygen atoms in total. The first-order chi connectivity index (χ1) is 12.3. The summed E-state index contributed by atoms with van der Waals surface area (Å²) in [5.41, 5.74) is 0.